The zero-order valence-electron chi connectivity index (χ0n) is 10.5. The van der Waals surface area contributed by atoms with Gasteiger partial charge in [-0.3, -0.25) is 0 Å². The van der Waals surface area contributed by atoms with E-state index in [1.165, 1.54) is 0 Å². The number of rotatable bonds is 4. The van der Waals surface area contributed by atoms with Gasteiger partial charge in [-0.2, -0.15) is 16.7 Å². The highest BCUT2D eigenvalue weighted by atomic mass is 32.2. The molecule has 100 valence electrons. The van der Waals surface area contributed by atoms with Gasteiger partial charge in [0.05, 0.1) is 19.0 Å². The van der Waals surface area contributed by atoms with Gasteiger partial charge in [-0.15, -0.1) is 0 Å². The van der Waals surface area contributed by atoms with Crippen LogP contribution in [0.15, 0.2) is 28.8 Å². The van der Waals surface area contributed by atoms with Gasteiger partial charge in [-0.1, -0.05) is 29.4 Å². The van der Waals surface area contributed by atoms with Crippen LogP contribution >= 0.6 is 11.8 Å². The Hall–Kier alpha value is -1.37. The SMILES string of the molecule is CSCc1nc(-c2ccc(C3OCCO3)cc2)no1. The lowest BCUT2D eigenvalue weighted by Gasteiger charge is -2.08. The minimum absolute atomic E-state index is 0.244. The number of thioether (sulfide) groups is 1. The summed E-state index contributed by atoms with van der Waals surface area (Å²) in [7, 11) is 0. The Kier molecular flexibility index (Phi) is 3.82. The van der Waals surface area contributed by atoms with E-state index in [0.29, 0.717) is 24.9 Å². The van der Waals surface area contributed by atoms with Gasteiger partial charge >= 0.3 is 0 Å². The molecule has 0 amide bonds. The Morgan fingerprint density at radius 1 is 1.21 bits per heavy atom. The summed E-state index contributed by atoms with van der Waals surface area (Å²) in [5, 5.41) is 3.97. The summed E-state index contributed by atoms with van der Waals surface area (Å²) in [6.45, 7) is 1.30. The fraction of sp³-hybridized carbons (Fsp3) is 0.385. The largest absolute Gasteiger partial charge is 0.346 e. The highest BCUT2D eigenvalue weighted by Gasteiger charge is 2.18. The van der Waals surface area contributed by atoms with Crippen molar-refractivity contribution in [3.8, 4) is 11.4 Å². The maximum atomic E-state index is 5.45. The molecule has 2 aromatic rings. The molecule has 6 heteroatoms. The van der Waals surface area contributed by atoms with E-state index in [-0.39, 0.29) is 6.29 Å². The molecular formula is C13H14N2O3S. The molecule has 1 aliphatic rings. The van der Waals surface area contributed by atoms with Crippen LogP contribution in [0.2, 0.25) is 0 Å². The van der Waals surface area contributed by atoms with Crippen molar-refractivity contribution in [2.75, 3.05) is 19.5 Å². The van der Waals surface area contributed by atoms with Gasteiger partial charge < -0.3 is 14.0 Å². The van der Waals surface area contributed by atoms with Gasteiger partial charge in [0, 0.05) is 11.1 Å². The normalized spacial score (nSPS) is 16.1. The number of hydrogen-bond donors (Lipinski definition) is 0. The Morgan fingerprint density at radius 2 is 1.95 bits per heavy atom. The minimum atomic E-state index is -0.244. The monoisotopic (exact) mass is 278 g/mol. The number of nitrogens with zero attached hydrogens (tertiary/aromatic N) is 2. The van der Waals surface area contributed by atoms with E-state index < -0.39 is 0 Å². The quantitative estimate of drug-likeness (QED) is 0.857. The van der Waals surface area contributed by atoms with Crippen LogP contribution in [0.25, 0.3) is 11.4 Å². The molecule has 0 atom stereocenters. The smallest absolute Gasteiger partial charge is 0.236 e. The summed E-state index contributed by atoms with van der Waals surface area (Å²) >= 11 is 1.65. The van der Waals surface area contributed by atoms with Gasteiger partial charge in [-0.25, -0.2) is 0 Å². The van der Waals surface area contributed by atoms with Crippen molar-refractivity contribution in [1.82, 2.24) is 10.1 Å². The third kappa shape index (κ3) is 2.80. The number of benzene rings is 1. The van der Waals surface area contributed by atoms with Crippen molar-refractivity contribution in [1.29, 1.82) is 0 Å². The molecule has 1 aromatic carbocycles. The highest BCUT2D eigenvalue weighted by Crippen LogP contribution is 2.25. The highest BCUT2D eigenvalue weighted by molar-refractivity contribution is 7.97. The fourth-order valence-corrected chi connectivity index (χ4v) is 2.26. The molecule has 0 radical (unpaired) electrons. The zero-order chi connectivity index (χ0) is 13.1. The zero-order valence-corrected chi connectivity index (χ0v) is 11.4. The molecule has 1 fully saturated rings. The molecule has 1 aliphatic heterocycles. The molecule has 0 bridgehead atoms. The van der Waals surface area contributed by atoms with E-state index in [1.54, 1.807) is 11.8 Å². The van der Waals surface area contributed by atoms with E-state index in [9.17, 15) is 0 Å². The molecule has 3 rings (SSSR count). The first-order chi connectivity index (χ1) is 9.36. The molecule has 1 aromatic heterocycles. The van der Waals surface area contributed by atoms with Gasteiger partial charge in [0.15, 0.2) is 6.29 Å². The van der Waals surface area contributed by atoms with Crippen LogP contribution in [0.3, 0.4) is 0 Å². The van der Waals surface area contributed by atoms with Crippen molar-refractivity contribution in [3.63, 3.8) is 0 Å². The Labute approximate surface area is 115 Å². The van der Waals surface area contributed by atoms with Crippen LogP contribution in [0.4, 0.5) is 0 Å². The van der Waals surface area contributed by atoms with Crippen LogP contribution in [0, 0.1) is 0 Å². The van der Waals surface area contributed by atoms with E-state index in [4.69, 9.17) is 14.0 Å². The molecule has 0 spiro atoms. The molecule has 19 heavy (non-hydrogen) atoms. The number of hydrogen-bond acceptors (Lipinski definition) is 6. The van der Waals surface area contributed by atoms with Crippen molar-refractivity contribution < 1.29 is 14.0 Å². The summed E-state index contributed by atoms with van der Waals surface area (Å²) in [6, 6.07) is 7.84. The summed E-state index contributed by atoms with van der Waals surface area (Å²) in [5.74, 6) is 1.99. The molecule has 1 saturated heterocycles. The maximum absolute atomic E-state index is 5.45. The van der Waals surface area contributed by atoms with Crippen molar-refractivity contribution in [2.45, 2.75) is 12.0 Å². The second kappa shape index (κ2) is 5.73. The lowest BCUT2D eigenvalue weighted by molar-refractivity contribution is -0.0441. The van der Waals surface area contributed by atoms with Crippen molar-refractivity contribution >= 4 is 11.8 Å². The van der Waals surface area contributed by atoms with E-state index >= 15 is 0 Å². The van der Waals surface area contributed by atoms with Gasteiger partial charge in [0.2, 0.25) is 11.7 Å². The molecule has 2 heterocycles. The topological polar surface area (TPSA) is 57.4 Å². The third-order valence-corrected chi connectivity index (χ3v) is 3.33. The number of ether oxygens (including phenoxy) is 2. The van der Waals surface area contributed by atoms with E-state index in [2.05, 4.69) is 10.1 Å². The summed E-state index contributed by atoms with van der Waals surface area (Å²) in [4.78, 5) is 4.34. The average molecular weight is 278 g/mol. The standard InChI is InChI=1S/C13H14N2O3S/c1-19-8-11-14-12(15-18-11)9-2-4-10(5-3-9)13-16-6-7-17-13/h2-5,13H,6-8H2,1H3. The average Bonchev–Trinajstić information content (AvgIpc) is 3.10. The Morgan fingerprint density at radius 3 is 2.63 bits per heavy atom. The molecule has 5 nitrogen and oxygen atoms in total. The fourth-order valence-electron chi connectivity index (χ4n) is 1.89. The summed E-state index contributed by atoms with van der Waals surface area (Å²) < 4.78 is 16.0. The van der Waals surface area contributed by atoms with Crippen LogP contribution < -0.4 is 0 Å². The predicted molar refractivity (Wildman–Crippen MR) is 71.6 cm³/mol. The van der Waals surface area contributed by atoms with Crippen LogP contribution in [-0.2, 0) is 15.2 Å². The van der Waals surface area contributed by atoms with Crippen molar-refractivity contribution in [2.24, 2.45) is 0 Å². The first kappa shape index (κ1) is 12.7. The molecule has 0 aliphatic carbocycles. The predicted octanol–water partition coefficient (Wildman–Crippen LogP) is 2.65. The lowest BCUT2D eigenvalue weighted by Crippen LogP contribution is -1.97. The summed E-state index contributed by atoms with van der Waals surface area (Å²) in [6.07, 6.45) is 1.76. The molecular weight excluding hydrogens is 264 g/mol. The van der Waals surface area contributed by atoms with Crippen LogP contribution in [-0.4, -0.2) is 29.6 Å². The molecule has 0 N–H and O–H groups in total. The summed E-state index contributed by atoms with van der Waals surface area (Å²) in [5.41, 5.74) is 1.94. The van der Waals surface area contributed by atoms with Crippen LogP contribution in [0.5, 0.6) is 0 Å². The number of aromatic nitrogens is 2. The van der Waals surface area contributed by atoms with Crippen LogP contribution in [0.1, 0.15) is 17.7 Å². The minimum Gasteiger partial charge on any atom is -0.346 e. The third-order valence-electron chi connectivity index (χ3n) is 2.80. The Bertz CT molecular complexity index is 535. The second-order valence-corrected chi connectivity index (χ2v) is 5.01. The second-order valence-electron chi connectivity index (χ2n) is 4.14. The van der Waals surface area contributed by atoms with Gasteiger partial charge in [0.25, 0.3) is 0 Å². The molecule has 0 unspecified atom stereocenters. The maximum Gasteiger partial charge on any atom is 0.236 e. The molecule has 0 saturated carbocycles. The first-order valence-electron chi connectivity index (χ1n) is 6.02. The van der Waals surface area contributed by atoms with Crippen molar-refractivity contribution in [3.05, 3.63) is 35.7 Å². The lowest BCUT2D eigenvalue weighted by atomic mass is 10.1. The first-order valence-corrected chi connectivity index (χ1v) is 7.41. The van der Waals surface area contributed by atoms with E-state index in [1.807, 2.05) is 30.5 Å². The Balaban J connectivity index is 1.77. The van der Waals surface area contributed by atoms with Gasteiger partial charge in [0.1, 0.15) is 0 Å². The van der Waals surface area contributed by atoms with Gasteiger partial charge in [-0.05, 0) is 6.26 Å². The van der Waals surface area contributed by atoms with E-state index in [0.717, 1.165) is 16.9 Å².